The maximum atomic E-state index is 12.1. The van der Waals surface area contributed by atoms with Crippen molar-refractivity contribution in [3.8, 4) is 0 Å². The summed E-state index contributed by atoms with van der Waals surface area (Å²) >= 11 is 0. The van der Waals surface area contributed by atoms with Crippen molar-refractivity contribution in [1.82, 2.24) is 4.90 Å². The highest BCUT2D eigenvalue weighted by Gasteiger charge is 2.28. The van der Waals surface area contributed by atoms with E-state index >= 15 is 0 Å². The summed E-state index contributed by atoms with van der Waals surface area (Å²) in [6, 6.07) is 4.49. The molecular formula is C17H23N3O5. The molecule has 0 N–H and O–H groups in total. The van der Waals surface area contributed by atoms with Gasteiger partial charge in [0.1, 0.15) is 11.3 Å². The fourth-order valence-corrected chi connectivity index (χ4v) is 2.61. The minimum absolute atomic E-state index is 0.0987. The van der Waals surface area contributed by atoms with E-state index in [0.29, 0.717) is 37.4 Å². The lowest BCUT2D eigenvalue weighted by atomic mass is 10.1. The van der Waals surface area contributed by atoms with Crippen molar-refractivity contribution < 1.29 is 19.2 Å². The van der Waals surface area contributed by atoms with Gasteiger partial charge in [-0.2, -0.15) is 0 Å². The Kier molecular flexibility index (Phi) is 5.30. The van der Waals surface area contributed by atoms with Crippen LogP contribution in [0.1, 0.15) is 38.1 Å². The molecule has 0 bridgehead atoms. The molecule has 1 aliphatic rings. The molecule has 1 saturated heterocycles. The number of carbonyl (C=O) groups excluding carboxylic acids is 2. The molecule has 1 fully saturated rings. The number of hydrogen-bond acceptors (Lipinski definition) is 6. The van der Waals surface area contributed by atoms with Gasteiger partial charge in [0, 0.05) is 37.8 Å². The van der Waals surface area contributed by atoms with E-state index in [1.165, 1.54) is 13.0 Å². The fraction of sp³-hybridized carbons (Fsp3) is 0.529. The number of nitro benzene ring substituents is 1. The van der Waals surface area contributed by atoms with Gasteiger partial charge in [0.05, 0.1) is 4.92 Å². The Morgan fingerprint density at radius 2 is 1.76 bits per heavy atom. The van der Waals surface area contributed by atoms with Crippen LogP contribution in [-0.2, 0) is 4.74 Å². The molecule has 1 amide bonds. The number of nitrogens with zero attached hydrogens (tertiary/aromatic N) is 3. The highest BCUT2D eigenvalue weighted by atomic mass is 16.6. The number of anilines is 1. The molecule has 1 aromatic carbocycles. The number of benzene rings is 1. The first-order valence-electron chi connectivity index (χ1n) is 8.11. The molecule has 0 atom stereocenters. The van der Waals surface area contributed by atoms with E-state index in [4.69, 9.17) is 4.74 Å². The van der Waals surface area contributed by atoms with Crippen LogP contribution in [0.3, 0.4) is 0 Å². The third kappa shape index (κ3) is 4.68. The van der Waals surface area contributed by atoms with Crippen LogP contribution in [-0.4, -0.2) is 53.5 Å². The van der Waals surface area contributed by atoms with E-state index in [9.17, 15) is 19.7 Å². The summed E-state index contributed by atoms with van der Waals surface area (Å²) in [5, 5.41) is 11.4. The van der Waals surface area contributed by atoms with Gasteiger partial charge in [0.2, 0.25) is 0 Å². The van der Waals surface area contributed by atoms with Crippen molar-refractivity contribution in [3.63, 3.8) is 0 Å². The molecule has 1 heterocycles. The maximum Gasteiger partial charge on any atom is 0.410 e. The highest BCUT2D eigenvalue weighted by Crippen LogP contribution is 2.30. The van der Waals surface area contributed by atoms with E-state index in [0.717, 1.165) is 0 Å². The number of nitro groups is 1. The molecule has 0 spiro atoms. The minimum Gasteiger partial charge on any atom is -0.444 e. The molecule has 1 aliphatic heterocycles. The van der Waals surface area contributed by atoms with Crippen molar-refractivity contribution in [2.45, 2.75) is 33.3 Å². The summed E-state index contributed by atoms with van der Waals surface area (Å²) in [4.78, 5) is 37.8. The Morgan fingerprint density at radius 1 is 1.16 bits per heavy atom. The van der Waals surface area contributed by atoms with Gasteiger partial charge in [0.25, 0.3) is 5.69 Å². The van der Waals surface area contributed by atoms with Gasteiger partial charge < -0.3 is 14.5 Å². The van der Waals surface area contributed by atoms with Crippen LogP contribution in [0.2, 0.25) is 0 Å². The first kappa shape index (κ1) is 18.7. The third-order valence-corrected chi connectivity index (χ3v) is 3.85. The van der Waals surface area contributed by atoms with Crippen LogP contribution in [0.25, 0.3) is 0 Å². The lowest BCUT2D eigenvalue weighted by molar-refractivity contribution is -0.384. The number of ether oxygens (including phenoxy) is 1. The number of Topliss-reactive ketones (excluding diaryl/α,β-unsaturated/α-hetero) is 1. The third-order valence-electron chi connectivity index (χ3n) is 3.85. The smallest absolute Gasteiger partial charge is 0.410 e. The van der Waals surface area contributed by atoms with Crippen LogP contribution in [0.15, 0.2) is 18.2 Å². The molecule has 0 unspecified atom stereocenters. The summed E-state index contributed by atoms with van der Waals surface area (Å²) < 4.78 is 5.34. The molecule has 25 heavy (non-hydrogen) atoms. The summed E-state index contributed by atoms with van der Waals surface area (Å²) in [5.74, 6) is -0.218. The predicted octanol–water partition coefficient (Wildman–Crippen LogP) is 2.85. The molecule has 8 nitrogen and oxygen atoms in total. The van der Waals surface area contributed by atoms with Crippen LogP contribution in [0.5, 0.6) is 0 Å². The topological polar surface area (TPSA) is 93.0 Å². The molecule has 0 saturated carbocycles. The van der Waals surface area contributed by atoms with Gasteiger partial charge in [-0.1, -0.05) is 0 Å². The normalized spacial score (nSPS) is 15.0. The SMILES string of the molecule is CC(=O)c1ccc(N2CCN(C(=O)OC(C)(C)C)CC2)c([N+](=O)[O-])c1. The average Bonchev–Trinajstić information content (AvgIpc) is 2.52. The Labute approximate surface area is 146 Å². The lowest BCUT2D eigenvalue weighted by Crippen LogP contribution is -2.50. The van der Waals surface area contributed by atoms with Crippen molar-refractivity contribution in [1.29, 1.82) is 0 Å². The zero-order valence-electron chi connectivity index (χ0n) is 14.9. The maximum absolute atomic E-state index is 12.1. The zero-order chi connectivity index (χ0) is 18.8. The Bertz CT molecular complexity index is 688. The molecule has 8 heteroatoms. The zero-order valence-corrected chi connectivity index (χ0v) is 14.9. The van der Waals surface area contributed by atoms with Crippen LogP contribution in [0, 0.1) is 10.1 Å². The minimum atomic E-state index is -0.560. The molecule has 2 rings (SSSR count). The van der Waals surface area contributed by atoms with E-state index < -0.39 is 10.5 Å². The Balaban J connectivity index is 2.11. The first-order valence-corrected chi connectivity index (χ1v) is 8.11. The first-order chi connectivity index (χ1) is 11.6. The second-order valence-electron chi connectivity index (χ2n) is 6.97. The van der Waals surface area contributed by atoms with E-state index in [1.54, 1.807) is 37.8 Å². The Morgan fingerprint density at radius 3 is 2.24 bits per heavy atom. The molecule has 1 aromatic rings. The van der Waals surface area contributed by atoms with Crippen molar-refractivity contribution in [2.75, 3.05) is 31.1 Å². The lowest BCUT2D eigenvalue weighted by Gasteiger charge is -2.36. The molecular weight excluding hydrogens is 326 g/mol. The van der Waals surface area contributed by atoms with Crippen LogP contribution < -0.4 is 4.90 Å². The van der Waals surface area contributed by atoms with E-state index in [2.05, 4.69) is 0 Å². The number of ketones is 1. The van der Waals surface area contributed by atoms with Crippen LogP contribution in [0.4, 0.5) is 16.2 Å². The van der Waals surface area contributed by atoms with Gasteiger partial charge in [-0.25, -0.2) is 4.79 Å². The van der Waals surface area contributed by atoms with Gasteiger partial charge >= 0.3 is 6.09 Å². The summed E-state index contributed by atoms with van der Waals surface area (Å²) in [6.07, 6.45) is -0.381. The number of piperazine rings is 1. The van der Waals surface area contributed by atoms with Crippen molar-refractivity contribution in [2.24, 2.45) is 0 Å². The van der Waals surface area contributed by atoms with Gasteiger partial charge in [0.15, 0.2) is 5.78 Å². The van der Waals surface area contributed by atoms with Gasteiger partial charge in [-0.3, -0.25) is 14.9 Å². The number of rotatable bonds is 3. The van der Waals surface area contributed by atoms with E-state index in [1.807, 2.05) is 4.90 Å². The average molecular weight is 349 g/mol. The number of hydrogen-bond donors (Lipinski definition) is 0. The van der Waals surface area contributed by atoms with E-state index in [-0.39, 0.29) is 17.6 Å². The second-order valence-corrected chi connectivity index (χ2v) is 6.97. The fourth-order valence-electron chi connectivity index (χ4n) is 2.61. The molecule has 136 valence electrons. The summed E-state index contributed by atoms with van der Waals surface area (Å²) in [5.41, 5.74) is 0.107. The van der Waals surface area contributed by atoms with Gasteiger partial charge in [-0.15, -0.1) is 0 Å². The van der Waals surface area contributed by atoms with Crippen LogP contribution >= 0.6 is 0 Å². The monoisotopic (exact) mass is 349 g/mol. The Hall–Kier alpha value is -2.64. The molecule has 0 aliphatic carbocycles. The quantitative estimate of drug-likeness (QED) is 0.473. The predicted molar refractivity (Wildman–Crippen MR) is 93.1 cm³/mol. The second kappa shape index (κ2) is 7.08. The van der Waals surface area contributed by atoms with Crippen molar-refractivity contribution in [3.05, 3.63) is 33.9 Å². The molecule has 0 radical (unpaired) electrons. The summed E-state index contributed by atoms with van der Waals surface area (Å²) in [6.45, 7) is 8.54. The number of carbonyl (C=O) groups is 2. The largest absolute Gasteiger partial charge is 0.444 e. The number of amides is 1. The molecule has 0 aromatic heterocycles. The van der Waals surface area contributed by atoms with Crippen molar-refractivity contribution >= 4 is 23.3 Å². The van der Waals surface area contributed by atoms with Gasteiger partial charge in [-0.05, 0) is 39.8 Å². The standard InChI is InChI=1S/C17H23N3O5/c1-12(21)13-5-6-14(15(11-13)20(23)24)18-7-9-19(10-8-18)16(22)25-17(2,3)4/h5-6,11H,7-10H2,1-4H3. The highest BCUT2D eigenvalue weighted by molar-refractivity contribution is 5.95. The summed E-state index contributed by atoms with van der Waals surface area (Å²) in [7, 11) is 0.